The van der Waals surface area contributed by atoms with Crippen molar-refractivity contribution in [3.05, 3.63) is 0 Å². The predicted molar refractivity (Wildman–Crippen MR) is 74.8 cm³/mol. The van der Waals surface area contributed by atoms with Crippen molar-refractivity contribution >= 4 is 17.9 Å². The largest absolute Gasteiger partial charge is 0.481 e. The molecule has 1 aliphatic heterocycles. The summed E-state index contributed by atoms with van der Waals surface area (Å²) in [5, 5.41) is 14.5. The van der Waals surface area contributed by atoms with E-state index in [9.17, 15) is 14.4 Å². The molecule has 0 aromatic heterocycles. The van der Waals surface area contributed by atoms with Gasteiger partial charge < -0.3 is 25.5 Å². The molecule has 2 fully saturated rings. The van der Waals surface area contributed by atoms with Crippen LogP contribution in [-0.4, -0.2) is 78.1 Å². The topological polar surface area (TPSA) is 102 Å². The minimum absolute atomic E-state index is 0.0326. The molecular weight excluding hydrogens is 276 g/mol. The maximum atomic E-state index is 12.1. The third-order valence-electron chi connectivity index (χ3n) is 3.68. The molecule has 21 heavy (non-hydrogen) atoms. The number of nitrogens with zero attached hydrogens (tertiary/aromatic N) is 2. The van der Waals surface area contributed by atoms with E-state index in [4.69, 9.17) is 5.11 Å². The van der Waals surface area contributed by atoms with Gasteiger partial charge in [0, 0.05) is 38.8 Å². The summed E-state index contributed by atoms with van der Waals surface area (Å²) < 4.78 is 0. The molecule has 2 aliphatic rings. The Labute approximate surface area is 123 Å². The van der Waals surface area contributed by atoms with Crippen LogP contribution in [0.3, 0.4) is 0 Å². The molecule has 1 aliphatic carbocycles. The number of hydrogen-bond donors (Lipinski definition) is 3. The van der Waals surface area contributed by atoms with Crippen molar-refractivity contribution in [3.8, 4) is 0 Å². The molecule has 1 saturated carbocycles. The zero-order valence-electron chi connectivity index (χ0n) is 12.0. The van der Waals surface area contributed by atoms with Gasteiger partial charge in [-0.1, -0.05) is 0 Å². The van der Waals surface area contributed by atoms with Crippen LogP contribution in [0.1, 0.15) is 19.3 Å². The average molecular weight is 298 g/mol. The molecular formula is C13H22N4O4. The van der Waals surface area contributed by atoms with Crippen molar-refractivity contribution in [2.45, 2.75) is 25.3 Å². The molecule has 0 aromatic carbocycles. The van der Waals surface area contributed by atoms with Gasteiger partial charge >= 0.3 is 12.0 Å². The fourth-order valence-electron chi connectivity index (χ4n) is 2.33. The minimum atomic E-state index is -0.926. The Hall–Kier alpha value is -1.83. The maximum absolute atomic E-state index is 12.1. The summed E-state index contributed by atoms with van der Waals surface area (Å²) in [7, 11) is 0. The molecule has 0 unspecified atom stereocenters. The molecule has 0 spiro atoms. The van der Waals surface area contributed by atoms with E-state index in [0.29, 0.717) is 13.1 Å². The molecule has 0 aromatic rings. The monoisotopic (exact) mass is 298 g/mol. The second kappa shape index (κ2) is 7.26. The summed E-state index contributed by atoms with van der Waals surface area (Å²) in [4.78, 5) is 37.9. The maximum Gasteiger partial charge on any atom is 0.318 e. The van der Waals surface area contributed by atoms with Crippen molar-refractivity contribution in [2.75, 3.05) is 39.3 Å². The zero-order chi connectivity index (χ0) is 15.2. The summed E-state index contributed by atoms with van der Waals surface area (Å²) in [5.41, 5.74) is 0. The fraction of sp³-hybridized carbons (Fsp3) is 0.769. The van der Waals surface area contributed by atoms with E-state index in [1.54, 1.807) is 4.90 Å². The number of piperazine rings is 1. The fourth-order valence-corrected chi connectivity index (χ4v) is 2.33. The molecule has 0 bridgehead atoms. The Morgan fingerprint density at radius 3 is 2.48 bits per heavy atom. The van der Waals surface area contributed by atoms with Crippen LogP contribution in [0.15, 0.2) is 0 Å². The first-order valence-electron chi connectivity index (χ1n) is 7.32. The van der Waals surface area contributed by atoms with Gasteiger partial charge in [0.2, 0.25) is 5.91 Å². The van der Waals surface area contributed by atoms with E-state index in [0.717, 1.165) is 25.9 Å². The molecule has 1 saturated heterocycles. The highest BCUT2D eigenvalue weighted by atomic mass is 16.4. The van der Waals surface area contributed by atoms with E-state index in [2.05, 4.69) is 10.6 Å². The first-order valence-corrected chi connectivity index (χ1v) is 7.32. The third-order valence-corrected chi connectivity index (χ3v) is 3.68. The summed E-state index contributed by atoms with van der Waals surface area (Å²) in [5.74, 6) is -1.02. The Morgan fingerprint density at radius 1 is 1.24 bits per heavy atom. The second-order valence-corrected chi connectivity index (χ2v) is 5.36. The molecule has 8 nitrogen and oxygen atoms in total. The van der Waals surface area contributed by atoms with Crippen LogP contribution >= 0.6 is 0 Å². The molecule has 118 valence electrons. The van der Waals surface area contributed by atoms with E-state index in [1.807, 2.05) is 0 Å². The SMILES string of the molecule is O=C(O)CCN(C(=O)NCC(=O)N1CCNCC1)C1CC1. The van der Waals surface area contributed by atoms with E-state index in [-0.39, 0.29) is 37.5 Å². The lowest BCUT2D eigenvalue weighted by Crippen LogP contribution is -2.51. The summed E-state index contributed by atoms with van der Waals surface area (Å²) in [6.45, 7) is 3.00. The van der Waals surface area contributed by atoms with Crippen molar-refractivity contribution < 1.29 is 19.5 Å². The molecule has 1 heterocycles. The smallest absolute Gasteiger partial charge is 0.318 e. The van der Waals surface area contributed by atoms with Gasteiger partial charge in [0.15, 0.2) is 0 Å². The summed E-state index contributed by atoms with van der Waals surface area (Å²) in [6.07, 6.45) is 1.73. The highest BCUT2D eigenvalue weighted by Crippen LogP contribution is 2.26. The number of amides is 3. The van der Waals surface area contributed by atoms with Gasteiger partial charge in [-0.2, -0.15) is 0 Å². The quantitative estimate of drug-likeness (QED) is 0.588. The first kappa shape index (κ1) is 15.6. The summed E-state index contributed by atoms with van der Waals surface area (Å²) >= 11 is 0. The number of aliphatic carboxylic acids is 1. The lowest BCUT2D eigenvalue weighted by atomic mass is 10.3. The van der Waals surface area contributed by atoms with Crippen LogP contribution in [0.2, 0.25) is 0 Å². The molecule has 2 rings (SSSR count). The van der Waals surface area contributed by atoms with Crippen LogP contribution in [0.4, 0.5) is 4.79 Å². The Bertz CT molecular complexity index is 405. The molecule has 3 N–H and O–H groups in total. The van der Waals surface area contributed by atoms with Gasteiger partial charge in [0.05, 0.1) is 13.0 Å². The lowest BCUT2D eigenvalue weighted by Gasteiger charge is -2.28. The van der Waals surface area contributed by atoms with Crippen molar-refractivity contribution in [3.63, 3.8) is 0 Å². The number of hydrogen-bond acceptors (Lipinski definition) is 4. The molecule has 0 radical (unpaired) electrons. The van der Waals surface area contributed by atoms with Crippen molar-refractivity contribution in [2.24, 2.45) is 0 Å². The number of carboxylic acids is 1. The van der Waals surface area contributed by atoms with Crippen LogP contribution in [-0.2, 0) is 9.59 Å². The zero-order valence-corrected chi connectivity index (χ0v) is 12.0. The van der Waals surface area contributed by atoms with Crippen LogP contribution in [0.25, 0.3) is 0 Å². The minimum Gasteiger partial charge on any atom is -0.481 e. The number of carbonyl (C=O) groups is 3. The Kier molecular flexibility index (Phi) is 5.38. The van der Waals surface area contributed by atoms with Gasteiger partial charge in [0.1, 0.15) is 0 Å². The predicted octanol–water partition coefficient (Wildman–Crippen LogP) is -0.933. The first-order chi connectivity index (χ1) is 10.1. The van der Waals surface area contributed by atoms with Crippen LogP contribution < -0.4 is 10.6 Å². The van der Waals surface area contributed by atoms with E-state index >= 15 is 0 Å². The third kappa shape index (κ3) is 4.89. The number of nitrogens with one attached hydrogen (secondary N) is 2. The lowest BCUT2D eigenvalue weighted by molar-refractivity contribution is -0.137. The van der Waals surface area contributed by atoms with Gasteiger partial charge in [-0.15, -0.1) is 0 Å². The van der Waals surface area contributed by atoms with E-state index < -0.39 is 5.97 Å². The molecule has 8 heteroatoms. The van der Waals surface area contributed by atoms with Crippen molar-refractivity contribution in [1.29, 1.82) is 0 Å². The number of urea groups is 1. The normalized spacial score (nSPS) is 18.2. The Balaban J connectivity index is 1.75. The van der Waals surface area contributed by atoms with Crippen molar-refractivity contribution in [1.82, 2.24) is 20.4 Å². The standard InChI is InChI=1S/C13H22N4O4/c18-11(16-7-4-14-5-8-16)9-15-13(21)17(10-1-2-10)6-3-12(19)20/h10,14H,1-9H2,(H,15,21)(H,19,20). The highest BCUT2D eigenvalue weighted by molar-refractivity contribution is 5.84. The van der Waals surface area contributed by atoms with Gasteiger partial charge in [-0.05, 0) is 12.8 Å². The number of carboxylic acid groups (broad SMARTS) is 1. The molecule has 3 amide bonds. The van der Waals surface area contributed by atoms with Gasteiger partial charge in [0.25, 0.3) is 0 Å². The van der Waals surface area contributed by atoms with Crippen LogP contribution in [0.5, 0.6) is 0 Å². The van der Waals surface area contributed by atoms with Gasteiger partial charge in [-0.25, -0.2) is 4.79 Å². The highest BCUT2D eigenvalue weighted by Gasteiger charge is 2.33. The second-order valence-electron chi connectivity index (χ2n) is 5.36. The summed E-state index contributed by atoms with van der Waals surface area (Å²) in [6, 6.07) is -0.221. The number of carbonyl (C=O) groups excluding carboxylic acids is 2. The number of rotatable bonds is 6. The Morgan fingerprint density at radius 2 is 1.90 bits per heavy atom. The van der Waals surface area contributed by atoms with Crippen LogP contribution in [0, 0.1) is 0 Å². The van der Waals surface area contributed by atoms with Gasteiger partial charge in [-0.3, -0.25) is 9.59 Å². The van der Waals surface area contributed by atoms with E-state index in [1.165, 1.54) is 4.90 Å². The average Bonchev–Trinajstić information content (AvgIpc) is 3.30. The molecule has 0 atom stereocenters.